The summed E-state index contributed by atoms with van der Waals surface area (Å²) in [6.45, 7) is 1.92. The summed E-state index contributed by atoms with van der Waals surface area (Å²) in [7, 11) is 0. The molecule has 0 fully saturated rings. The van der Waals surface area contributed by atoms with Gasteiger partial charge in [0.15, 0.2) is 6.29 Å². The molecule has 0 aliphatic rings. The average molecular weight is 263 g/mol. The van der Waals surface area contributed by atoms with Gasteiger partial charge in [-0.25, -0.2) is 9.97 Å². The van der Waals surface area contributed by atoms with Gasteiger partial charge in [0.05, 0.1) is 17.3 Å². The van der Waals surface area contributed by atoms with Crippen LogP contribution in [0.25, 0.3) is 0 Å². The smallest absolute Gasteiger partial charge is 0.156 e. The Morgan fingerprint density at radius 3 is 2.83 bits per heavy atom. The molecular weight excluding hydrogens is 252 g/mol. The van der Waals surface area contributed by atoms with Crippen LogP contribution in [0.4, 0.5) is 5.82 Å². The van der Waals surface area contributed by atoms with E-state index in [4.69, 9.17) is 11.6 Å². The molecule has 0 spiro atoms. The monoisotopic (exact) mass is 262 g/mol. The van der Waals surface area contributed by atoms with Crippen molar-refractivity contribution in [3.8, 4) is 0 Å². The molecule has 18 heavy (non-hydrogen) atoms. The van der Waals surface area contributed by atoms with Crippen LogP contribution in [0.5, 0.6) is 0 Å². The number of rotatable bonds is 4. The van der Waals surface area contributed by atoms with E-state index < -0.39 is 0 Å². The maximum absolute atomic E-state index is 10.9. The van der Waals surface area contributed by atoms with E-state index in [2.05, 4.69) is 20.3 Å². The predicted molar refractivity (Wildman–Crippen MR) is 68.7 cm³/mol. The number of nitrogens with one attached hydrogen (secondary N) is 1. The fourth-order valence-corrected chi connectivity index (χ4v) is 1.68. The Hall–Kier alpha value is -2.01. The van der Waals surface area contributed by atoms with Crippen molar-refractivity contribution in [2.75, 3.05) is 5.32 Å². The van der Waals surface area contributed by atoms with Crippen molar-refractivity contribution in [3.05, 3.63) is 47.1 Å². The quantitative estimate of drug-likeness (QED) is 0.677. The second kappa shape index (κ2) is 5.55. The zero-order chi connectivity index (χ0) is 13.0. The second-order valence-corrected chi connectivity index (χ2v) is 4.02. The van der Waals surface area contributed by atoms with Crippen LogP contribution < -0.4 is 5.32 Å². The maximum Gasteiger partial charge on any atom is 0.156 e. The topological polar surface area (TPSA) is 67.8 Å². The Labute approximate surface area is 109 Å². The first-order valence-electron chi connectivity index (χ1n) is 5.35. The van der Waals surface area contributed by atoms with Crippen molar-refractivity contribution in [3.63, 3.8) is 0 Å². The van der Waals surface area contributed by atoms with Gasteiger partial charge < -0.3 is 5.32 Å². The van der Waals surface area contributed by atoms with Crippen LogP contribution in [0.3, 0.4) is 0 Å². The van der Waals surface area contributed by atoms with Gasteiger partial charge in [-0.3, -0.25) is 9.78 Å². The molecule has 0 amide bonds. The molecule has 1 unspecified atom stereocenters. The van der Waals surface area contributed by atoms with Gasteiger partial charge in [-0.15, -0.1) is 0 Å². The van der Waals surface area contributed by atoms with Gasteiger partial charge in [0.2, 0.25) is 0 Å². The van der Waals surface area contributed by atoms with Crippen LogP contribution in [0, 0.1) is 0 Å². The molecule has 2 rings (SSSR count). The third-order valence-electron chi connectivity index (χ3n) is 2.44. The highest BCUT2D eigenvalue weighted by atomic mass is 35.5. The number of hydrogen-bond donors (Lipinski definition) is 1. The number of carbonyl (C=O) groups excluding carboxylic acids is 1. The number of carbonyl (C=O) groups is 1. The van der Waals surface area contributed by atoms with E-state index >= 15 is 0 Å². The lowest BCUT2D eigenvalue weighted by atomic mass is 10.2. The summed E-state index contributed by atoms with van der Waals surface area (Å²) in [6, 6.07) is 5.54. The number of anilines is 1. The van der Waals surface area contributed by atoms with Crippen LogP contribution >= 0.6 is 11.6 Å². The minimum absolute atomic E-state index is 0.0872. The minimum atomic E-state index is -0.0872. The lowest BCUT2D eigenvalue weighted by Gasteiger charge is -2.15. The minimum Gasteiger partial charge on any atom is -0.361 e. The van der Waals surface area contributed by atoms with Gasteiger partial charge in [0.25, 0.3) is 0 Å². The Morgan fingerprint density at radius 2 is 2.17 bits per heavy atom. The summed E-state index contributed by atoms with van der Waals surface area (Å²) in [6.07, 6.45) is 3.65. The van der Waals surface area contributed by atoms with E-state index in [1.54, 1.807) is 6.20 Å². The molecule has 2 aromatic rings. The van der Waals surface area contributed by atoms with Crippen molar-refractivity contribution in [2.45, 2.75) is 13.0 Å². The summed E-state index contributed by atoms with van der Waals surface area (Å²) < 4.78 is 0. The number of nitrogens with zero attached hydrogens (tertiary/aromatic N) is 3. The lowest BCUT2D eigenvalue weighted by molar-refractivity contribution is 0.112. The highest BCUT2D eigenvalue weighted by molar-refractivity contribution is 6.32. The highest BCUT2D eigenvalue weighted by Gasteiger charge is 2.12. The largest absolute Gasteiger partial charge is 0.361 e. The first kappa shape index (κ1) is 12.4. The zero-order valence-corrected chi connectivity index (χ0v) is 10.4. The van der Waals surface area contributed by atoms with Crippen molar-refractivity contribution in [1.29, 1.82) is 0 Å². The van der Waals surface area contributed by atoms with Crippen LogP contribution in [0.15, 0.2) is 30.7 Å². The fraction of sp³-hybridized carbons (Fsp3) is 0.167. The summed E-state index contributed by atoms with van der Waals surface area (Å²) in [4.78, 5) is 22.9. The summed E-state index contributed by atoms with van der Waals surface area (Å²) >= 11 is 5.82. The highest BCUT2D eigenvalue weighted by Crippen LogP contribution is 2.21. The number of aromatic nitrogens is 3. The van der Waals surface area contributed by atoms with Gasteiger partial charge in [-0.05, 0) is 19.1 Å². The molecule has 0 bridgehead atoms. The molecule has 1 N–H and O–H groups in total. The lowest BCUT2D eigenvalue weighted by Crippen LogP contribution is -2.11. The molecule has 1 atom stereocenters. The Kier molecular flexibility index (Phi) is 3.84. The van der Waals surface area contributed by atoms with Gasteiger partial charge >= 0.3 is 0 Å². The normalized spacial score (nSPS) is 11.9. The average Bonchev–Trinajstić information content (AvgIpc) is 2.40. The summed E-state index contributed by atoms with van der Waals surface area (Å²) in [5.41, 5.74) is 1.10. The fourth-order valence-electron chi connectivity index (χ4n) is 1.50. The van der Waals surface area contributed by atoms with E-state index in [0.29, 0.717) is 12.1 Å². The number of hydrogen-bond acceptors (Lipinski definition) is 5. The number of pyridine rings is 1. The van der Waals surface area contributed by atoms with Crippen LogP contribution in [0.2, 0.25) is 5.15 Å². The molecule has 0 aromatic carbocycles. The third-order valence-corrected chi connectivity index (χ3v) is 2.74. The van der Waals surface area contributed by atoms with E-state index in [1.807, 2.05) is 25.1 Å². The van der Waals surface area contributed by atoms with Gasteiger partial charge in [-0.1, -0.05) is 17.7 Å². The van der Waals surface area contributed by atoms with E-state index in [-0.39, 0.29) is 16.8 Å². The van der Waals surface area contributed by atoms with Crippen molar-refractivity contribution >= 4 is 23.7 Å². The van der Waals surface area contributed by atoms with Gasteiger partial charge in [-0.2, -0.15) is 0 Å². The molecule has 2 aromatic heterocycles. The van der Waals surface area contributed by atoms with Crippen LogP contribution in [-0.2, 0) is 0 Å². The molecular formula is C12H11ClN4O. The molecule has 0 aliphatic heterocycles. The second-order valence-electron chi connectivity index (χ2n) is 3.67. The van der Waals surface area contributed by atoms with Crippen LogP contribution in [0.1, 0.15) is 29.0 Å². The Morgan fingerprint density at radius 1 is 1.33 bits per heavy atom. The molecule has 0 saturated carbocycles. The van der Waals surface area contributed by atoms with E-state index in [9.17, 15) is 4.79 Å². The molecule has 0 saturated heterocycles. The predicted octanol–water partition coefficient (Wildman–Crippen LogP) is 2.51. The molecule has 92 valence electrons. The van der Waals surface area contributed by atoms with E-state index in [1.165, 1.54) is 6.33 Å². The van der Waals surface area contributed by atoms with Gasteiger partial charge in [0.1, 0.15) is 17.3 Å². The maximum atomic E-state index is 10.9. The molecule has 0 radical (unpaired) electrons. The van der Waals surface area contributed by atoms with Crippen LogP contribution in [-0.4, -0.2) is 21.2 Å². The molecule has 0 aliphatic carbocycles. The standard InChI is InChI=1S/C12H11ClN4O/c1-8(10-4-2-3-5-14-10)17-12-9(6-18)11(13)15-7-16-12/h2-8H,1H3,(H,15,16,17). The third kappa shape index (κ3) is 2.62. The first-order chi connectivity index (χ1) is 8.72. The number of halogens is 1. The van der Waals surface area contributed by atoms with Crippen molar-refractivity contribution in [1.82, 2.24) is 15.0 Å². The van der Waals surface area contributed by atoms with Gasteiger partial charge in [0, 0.05) is 6.20 Å². The summed E-state index contributed by atoms with van der Waals surface area (Å²) in [5.74, 6) is 0.406. The van der Waals surface area contributed by atoms with E-state index in [0.717, 1.165) is 5.69 Å². The number of aldehydes is 1. The molecule has 2 heterocycles. The molecule has 5 nitrogen and oxygen atoms in total. The first-order valence-corrected chi connectivity index (χ1v) is 5.73. The molecule has 6 heteroatoms. The Bertz CT molecular complexity index is 547. The zero-order valence-electron chi connectivity index (χ0n) is 9.67. The SMILES string of the molecule is CC(Nc1ncnc(Cl)c1C=O)c1ccccn1. The van der Waals surface area contributed by atoms with Crippen molar-refractivity contribution in [2.24, 2.45) is 0 Å². The Balaban J connectivity index is 2.25. The summed E-state index contributed by atoms with van der Waals surface area (Å²) in [5, 5.41) is 3.22. The van der Waals surface area contributed by atoms with Crippen molar-refractivity contribution < 1.29 is 4.79 Å².